The Hall–Kier alpha value is -0.120. The summed E-state index contributed by atoms with van der Waals surface area (Å²) >= 11 is 0. The highest BCUT2D eigenvalue weighted by Gasteiger charge is 2.23. The Labute approximate surface area is 107 Å². The molecule has 1 heterocycles. The van der Waals surface area contributed by atoms with Gasteiger partial charge in [0.25, 0.3) is 0 Å². The number of likely N-dealkylation sites (N-methyl/N-ethyl adjacent to an activating group) is 1. The van der Waals surface area contributed by atoms with E-state index >= 15 is 0 Å². The molecule has 3 nitrogen and oxygen atoms in total. The molecule has 0 aromatic rings. The summed E-state index contributed by atoms with van der Waals surface area (Å²) in [6, 6.07) is 1.22. The Kier molecular flexibility index (Phi) is 5.90. The molecule has 0 spiro atoms. The maximum absolute atomic E-state index is 9.92. The molecular formula is C14H30N2O. The van der Waals surface area contributed by atoms with Crippen LogP contribution in [0, 0.1) is 0 Å². The first-order valence-electron chi connectivity index (χ1n) is 7.12. The quantitative estimate of drug-likeness (QED) is 0.748. The third-order valence-electron chi connectivity index (χ3n) is 3.66. The lowest BCUT2D eigenvalue weighted by molar-refractivity contribution is 0.0219. The highest BCUT2D eigenvalue weighted by Crippen LogP contribution is 2.16. The van der Waals surface area contributed by atoms with Gasteiger partial charge in [-0.2, -0.15) is 0 Å². The van der Waals surface area contributed by atoms with Gasteiger partial charge in [-0.25, -0.2) is 0 Å². The maximum atomic E-state index is 9.92. The van der Waals surface area contributed by atoms with Crippen LogP contribution in [0.15, 0.2) is 0 Å². The van der Waals surface area contributed by atoms with E-state index in [-0.39, 0.29) is 0 Å². The van der Waals surface area contributed by atoms with E-state index in [2.05, 4.69) is 24.1 Å². The van der Waals surface area contributed by atoms with Gasteiger partial charge in [0, 0.05) is 18.6 Å². The molecule has 2 unspecified atom stereocenters. The van der Waals surface area contributed by atoms with Gasteiger partial charge in [0.1, 0.15) is 0 Å². The van der Waals surface area contributed by atoms with E-state index in [9.17, 15) is 5.11 Å². The van der Waals surface area contributed by atoms with Crippen LogP contribution in [0.1, 0.15) is 53.4 Å². The summed E-state index contributed by atoms with van der Waals surface area (Å²) < 4.78 is 0. The van der Waals surface area contributed by atoms with E-state index in [1.165, 1.54) is 32.2 Å². The molecule has 0 aromatic heterocycles. The predicted octanol–water partition coefficient (Wildman–Crippen LogP) is 2.00. The first-order chi connectivity index (χ1) is 7.92. The van der Waals surface area contributed by atoms with Crippen LogP contribution in [0.3, 0.4) is 0 Å². The number of piperidine rings is 1. The summed E-state index contributed by atoms with van der Waals surface area (Å²) in [6.45, 7) is 11.2. The van der Waals surface area contributed by atoms with E-state index in [4.69, 9.17) is 0 Å². The van der Waals surface area contributed by atoms with Crippen molar-refractivity contribution in [2.24, 2.45) is 0 Å². The van der Waals surface area contributed by atoms with Gasteiger partial charge in [-0.15, -0.1) is 0 Å². The fraction of sp³-hybridized carbons (Fsp3) is 1.00. The molecule has 0 radical (unpaired) electrons. The maximum Gasteiger partial charge on any atom is 0.0718 e. The van der Waals surface area contributed by atoms with Crippen LogP contribution >= 0.6 is 0 Å². The summed E-state index contributed by atoms with van der Waals surface area (Å²) in [7, 11) is 0. The number of hydrogen-bond donors (Lipinski definition) is 2. The SMILES string of the molecule is CCN(CC(C)(C)O)C(C)CC1CCCCN1. The van der Waals surface area contributed by atoms with Crippen molar-refractivity contribution in [3.8, 4) is 0 Å². The van der Waals surface area contributed by atoms with Crippen LogP contribution in [0.25, 0.3) is 0 Å². The molecule has 102 valence electrons. The lowest BCUT2D eigenvalue weighted by Crippen LogP contribution is -2.46. The fourth-order valence-corrected chi connectivity index (χ4v) is 2.76. The number of nitrogens with zero attached hydrogens (tertiary/aromatic N) is 1. The Morgan fingerprint density at radius 1 is 1.41 bits per heavy atom. The first-order valence-corrected chi connectivity index (χ1v) is 7.12. The minimum absolute atomic E-state index is 0.544. The van der Waals surface area contributed by atoms with E-state index in [1.807, 2.05) is 13.8 Å². The highest BCUT2D eigenvalue weighted by molar-refractivity contribution is 4.81. The van der Waals surface area contributed by atoms with E-state index in [0.717, 1.165) is 13.1 Å². The van der Waals surface area contributed by atoms with Gasteiger partial charge in [-0.05, 0) is 53.1 Å². The number of aliphatic hydroxyl groups is 1. The molecule has 0 aliphatic carbocycles. The molecule has 1 aliphatic heterocycles. The Bertz CT molecular complexity index is 207. The van der Waals surface area contributed by atoms with Gasteiger partial charge in [-0.3, -0.25) is 4.90 Å². The van der Waals surface area contributed by atoms with Gasteiger partial charge in [-0.1, -0.05) is 13.3 Å². The van der Waals surface area contributed by atoms with E-state index in [0.29, 0.717) is 12.1 Å². The third-order valence-corrected chi connectivity index (χ3v) is 3.66. The molecule has 17 heavy (non-hydrogen) atoms. The normalized spacial score (nSPS) is 24.0. The zero-order valence-electron chi connectivity index (χ0n) is 12.0. The molecular weight excluding hydrogens is 212 g/mol. The molecule has 0 amide bonds. The first kappa shape index (κ1) is 14.9. The molecule has 0 bridgehead atoms. The molecule has 0 saturated carbocycles. The van der Waals surface area contributed by atoms with Crippen LogP contribution in [0.2, 0.25) is 0 Å². The van der Waals surface area contributed by atoms with Crippen molar-refractivity contribution < 1.29 is 5.11 Å². The molecule has 1 fully saturated rings. The zero-order valence-corrected chi connectivity index (χ0v) is 12.0. The second-order valence-electron chi connectivity index (χ2n) is 6.11. The Morgan fingerprint density at radius 3 is 2.59 bits per heavy atom. The molecule has 2 atom stereocenters. The van der Waals surface area contributed by atoms with Crippen LogP contribution in [0.5, 0.6) is 0 Å². The van der Waals surface area contributed by atoms with Crippen LogP contribution in [-0.4, -0.2) is 47.3 Å². The van der Waals surface area contributed by atoms with Gasteiger partial charge in [0.2, 0.25) is 0 Å². The molecule has 1 rings (SSSR count). The summed E-state index contributed by atoms with van der Waals surface area (Å²) in [5, 5.41) is 13.5. The van der Waals surface area contributed by atoms with Gasteiger partial charge < -0.3 is 10.4 Å². The van der Waals surface area contributed by atoms with Crippen molar-refractivity contribution >= 4 is 0 Å². The summed E-state index contributed by atoms with van der Waals surface area (Å²) in [5.41, 5.74) is -0.593. The molecule has 0 aromatic carbocycles. The van der Waals surface area contributed by atoms with Gasteiger partial charge in [0.05, 0.1) is 5.60 Å². The zero-order chi connectivity index (χ0) is 12.9. The summed E-state index contributed by atoms with van der Waals surface area (Å²) in [6.07, 6.45) is 5.20. The monoisotopic (exact) mass is 242 g/mol. The molecule has 1 aliphatic rings. The largest absolute Gasteiger partial charge is 0.389 e. The van der Waals surface area contributed by atoms with Crippen molar-refractivity contribution in [2.45, 2.75) is 71.1 Å². The van der Waals surface area contributed by atoms with Crippen molar-refractivity contribution in [2.75, 3.05) is 19.6 Å². The lowest BCUT2D eigenvalue weighted by Gasteiger charge is -2.35. The smallest absolute Gasteiger partial charge is 0.0718 e. The Morgan fingerprint density at radius 2 is 2.12 bits per heavy atom. The topological polar surface area (TPSA) is 35.5 Å². The van der Waals surface area contributed by atoms with Crippen molar-refractivity contribution in [3.63, 3.8) is 0 Å². The van der Waals surface area contributed by atoms with Crippen LogP contribution in [-0.2, 0) is 0 Å². The van der Waals surface area contributed by atoms with E-state index in [1.54, 1.807) is 0 Å². The third kappa shape index (κ3) is 5.84. The Balaban J connectivity index is 2.39. The standard InChI is InChI=1S/C14H30N2O/c1-5-16(11-14(3,4)17)12(2)10-13-8-6-7-9-15-13/h12-13,15,17H,5-11H2,1-4H3. The minimum Gasteiger partial charge on any atom is -0.389 e. The molecule has 1 saturated heterocycles. The van der Waals surface area contributed by atoms with Crippen LogP contribution < -0.4 is 5.32 Å². The van der Waals surface area contributed by atoms with Crippen molar-refractivity contribution in [1.29, 1.82) is 0 Å². The average Bonchev–Trinajstić information content (AvgIpc) is 2.26. The number of nitrogens with one attached hydrogen (secondary N) is 1. The van der Waals surface area contributed by atoms with Crippen LogP contribution in [0.4, 0.5) is 0 Å². The second-order valence-corrected chi connectivity index (χ2v) is 6.11. The molecule has 3 heteroatoms. The predicted molar refractivity (Wildman–Crippen MR) is 73.3 cm³/mol. The second kappa shape index (κ2) is 6.72. The van der Waals surface area contributed by atoms with Gasteiger partial charge in [0.15, 0.2) is 0 Å². The highest BCUT2D eigenvalue weighted by atomic mass is 16.3. The van der Waals surface area contributed by atoms with E-state index < -0.39 is 5.60 Å². The summed E-state index contributed by atoms with van der Waals surface area (Å²) in [4.78, 5) is 2.39. The average molecular weight is 242 g/mol. The van der Waals surface area contributed by atoms with Gasteiger partial charge >= 0.3 is 0 Å². The van der Waals surface area contributed by atoms with Crippen molar-refractivity contribution in [3.05, 3.63) is 0 Å². The van der Waals surface area contributed by atoms with Crippen molar-refractivity contribution in [1.82, 2.24) is 10.2 Å². The molecule has 2 N–H and O–H groups in total. The fourth-order valence-electron chi connectivity index (χ4n) is 2.76. The minimum atomic E-state index is -0.593. The lowest BCUT2D eigenvalue weighted by atomic mass is 9.97. The summed E-state index contributed by atoms with van der Waals surface area (Å²) in [5.74, 6) is 0. The number of rotatable bonds is 6. The number of hydrogen-bond acceptors (Lipinski definition) is 3.